The van der Waals surface area contributed by atoms with Gasteiger partial charge in [-0.3, -0.25) is 0 Å². The van der Waals surface area contributed by atoms with Gasteiger partial charge in [-0.25, -0.2) is 19.5 Å². The Hall–Kier alpha value is -5.10. The molecule has 0 aliphatic rings. The SMILES string of the molecule is C=N/C(=C\C=C(/C)NC(=O)Nc1cc(C(F)(F)F)ccc1-n1cccn1)Oc1ccc(-c2cc(Cl)cnc2N)cc1. The van der Waals surface area contributed by atoms with Gasteiger partial charge in [0.05, 0.1) is 22.0 Å². The van der Waals surface area contributed by atoms with Gasteiger partial charge in [0.1, 0.15) is 11.6 Å². The Morgan fingerprint density at radius 2 is 1.93 bits per heavy atom. The lowest BCUT2D eigenvalue weighted by atomic mass is 10.1. The van der Waals surface area contributed by atoms with Crippen LogP contribution in [-0.2, 0) is 6.18 Å². The summed E-state index contributed by atoms with van der Waals surface area (Å²) in [5.41, 5.74) is 6.99. The minimum Gasteiger partial charge on any atom is -0.439 e. The number of allylic oxidation sites excluding steroid dienone is 3. The number of rotatable bonds is 8. The van der Waals surface area contributed by atoms with Gasteiger partial charge >= 0.3 is 12.2 Å². The topological polar surface area (TPSA) is 119 Å². The van der Waals surface area contributed by atoms with Crippen LogP contribution in [0.25, 0.3) is 16.8 Å². The third-order valence-electron chi connectivity index (χ3n) is 5.54. The molecule has 4 rings (SSSR count). The number of nitrogens with one attached hydrogen (secondary N) is 2. The normalized spacial score (nSPS) is 12.1. The fraction of sp³-hybridized carbons (Fsp3) is 0.0714. The molecule has 0 saturated heterocycles. The molecule has 41 heavy (non-hydrogen) atoms. The molecule has 0 saturated carbocycles. The number of nitrogens with zero attached hydrogens (tertiary/aromatic N) is 4. The first-order valence-electron chi connectivity index (χ1n) is 11.9. The molecule has 2 aromatic heterocycles. The first-order chi connectivity index (χ1) is 19.5. The molecule has 9 nitrogen and oxygen atoms in total. The van der Waals surface area contributed by atoms with Gasteiger partial charge in [-0.1, -0.05) is 23.7 Å². The number of amides is 2. The lowest BCUT2D eigenvalue weighted by molar-refractivity contribution is -0.137. The first kappa shape index (κ1) is 28.9. The van der Waals surface area contributed by atoms with Crippen molar-refractivity contribution in [3.05, 3.63) is 108 Å². The Balaban J connectivity index is 1.44. The number of halogens is 4. The van der Waals surface area contributed by atoms with Gasteiger partial charge in [0.25, 0.3) is 0 Å². The van der Waals surface area contributed by atoms with Gasteiger partial charge in [0, 0.05) is 35.9 Å². The molecule has 0 bridgehead atoms. The number of carbonyl (C=O) groups excluding carboxylic acids is 1. The van der Waals surface area contributed by atoms with Gasteiger partial charge in [-0.05, 0) is 67.7 Å². The van der Waals surface area contributed by atoms with Crippen molar-refractivity contribution < 1.29 is 22.7 Å². The third kappa shape index (κ3) is 7.51. The molecule has 2 heterocycles. The molecule has 2 amide bonds. The number of nitrogens with two attached hydrogens (primary N) is 1. The maximum Gasteiger partial charge on any atom is 0.416 e. The molecule has 0 spiro atoms. The number of alkyl halides is 3. The number of nitrogen functional groups attached to an aromatic ring is 1. The predicted molar refractivity (Wildman–Crippen MR) is 152 cm³/mol. The monoisotopic (exact) mass is 581 g/mol. The molecule has 210 valence electrons. The van der Waals surface area contributed by atoms with Gasteiger partial charge < -0.3 is 21.1 Å². The van der Waals surface area contributed by atoms with Crippen LogP contribution in [0.1, 0.15) is 12.5 Å². The van der Waals surface area contributed by atoms with E-state index in [2.05, 4.69) is 32.4 Å². The van der Waals surface area contributed by atoms with E-state index in [1.54, 1.807) is 49.5 Å². The second-order valence-corrected chi connectivity index (χ2v) is 8.92. The van der Waals surface area contributed by atoms with Gasteiger partial charge in [-0.2, -0.15) is 18.3 Å². The van der Waals surface area contributed by atoms with E-state index < -0.39 is 17.8 Å². The molecule has 0 unspecified atom stereocenters. The van der Waals surface area contributed by atoms with Crippen molar-refractivity contribution in [3.63, 3.8) is 0 Å². The molecular weight excluding hydrogens is 559 g/mol. The molecule has 0 fully saturated rings. The van der Waals surface area contributed by atoms with Crippen molar-refractivity contribution >= 4 is 35.9 Å². The van der Waals surface area contributed by atoms with Crippen molar-refractivity contribution in [2.75, 3.05) is 11.1 Å². The molecule has 0 aliphatic carbocycles. The van der Waals surface area contributed by atoms with Crippen LogP contribution in [0.15, 0.2) is 102 Å². The Kier molecular flexibility index (Phi) is 8.73. The molecule has 2 aromatic carbocycles. The number of benzene rings is 2. The fourth-order valence-corrected chi connectivity index (χ4v) is 3.78. The maximum atomic E-state index is 13.3. The van der Waals surface area contributed by atoms with Crippen molar-refractivity contribution in [1.29, 1.82) is 0 Å². The van der Waals surface area contributed by atoms with Crippen molar-refractivity contribution in [2.45, 2.75) is 13.1 Å². The summed E-state index contributed by atoms with van der Waals surface area (Å²) in [7, 11) is 0. The summed E-state index contributed by atoms with van der Waals surface area (Å²) >= 11 is 6.02. The summed E-state index contributed by atoms with van der Waals surface area (Å²) in [6.45, 7) is 5.07. The third-order valence-corrected chi connectivity index (χ3v) is 5.75. The number of urea groups is 1. The second-order valence-electron chi connectivity index (χ2n) is 8.48. The molecule has 4 N–H and O–H groups in total. The number of carbonyl (C=O) groups is 1. The summed E-state index contributed by atoms with van der Waals surface area (Å²) in [4.78, 5) is 20.5. The molecular formula is C28H23ClF3N7O2. The highest BCUT2D eigenvalue weighted by Crippen LogP contribution is 2.33. The van der Waals surface area contributed by atoms with Crippen LogP contribution in [0.5, 0.6) is 5.75 Å². The average molecular weight is 582 g/mol. The lowest BCUT2D eigenvalue weighted by Gasteiger charge is -2.15. The Morgan fingerprint density at radius 3 is 2.59 bits per heavy atom. The Morgan fingerprint density at radius 1 is 1.17 bits per heavy atom. The maximum absolute atomic E-state index is 13.3. The highest BCUT2D eigenvalue weighted by atomic mass is 35.5. The minimum absolute atomic E-state index is 0.0834. The zero-order chi connectivity index (χ0) is 29.6. The second kappa shape index (κ2) is 12.4. The van der Waals surface area contributed by atoms with E-state index in [9.17, 15) is 18.0 Å². The van der Waals surface area contributed by atoms with Crippen molar-refractivity contribution in [1.82, 2.24) is 20.1 Å². The number of pyridine rings is 1. The summed E-state index contributed by atoms with van der Waals surface area (Å²) in [5, 5.41) is 9.48. The molecule has 0 atom stereocenters. The lowest BCUT2D eigenvalue weighted by Crippen LogP contribution is -2.28. The number of aliphatic imine (C=N–C) groups is 1. The largest absolute Gasteiger partial charge is 0.439 e. The van der Waals surface area contributed by atoms with Crippen LogP contribution in [0, 0.1) is 0 Å². The summed E-state index contributed by atoms with van der Waals surface area (Å²) in [6.07, 6.45) is 2.84. The Bertz CT molecular complexity index is 1620. The highest BCUT2D eigenvalue weighted by molar-refractivity contribution is 6.30. The van der Waals surface area contributed by atoms with Crippen LogP contribution < -0.4 is 21.1 Å². The fourth-order valence-electron chi connectivity index (χ4n) is 3.62. The summed E-state index contributed by atoms with van der Waals surface area (Å²) in [5.74, 6) is 0.912. The van der Waals surface area contributed by atoms with E-state index in [0.717, 1.165) is 17.7 Å². The van der Waals surface area contributed by atoms with E-state index in [4.69, 9.17) is 22.1 Å². The summed E-state index contributed by atoms with van der Waals surface area (Å²) < 4.78 is 46.9. The van der Waals surface area contributed by atoms with Crippen LogP contribution in [0.2, 0.25) is 5.02 Å². The smallest absolute Gasteiger partial charge is 0.416 e. The zero-order valence-electron chi connectivity index (χ0n) is 21.5. The van der Waals surface area contributed by atoms with Gasteiger partial charge in [-0.15, -0.1) is 0 Å². The molecule has 0 radical (unpaired) electrons. The average Bonchev–Trinajstić information content (AvgIpc) is 3.47. The standard InChI is InChI=1S/C28H23ClF3N7O2/c1-17(37-27(40)38-23-14-19(28(30,31)32)7-10-24(23)39-13-3-12-36-39)4-11-25(34-2)41-21-8-5-18(6-9-21)22-15-20(29)16-35-26(22)33/h3-16H,2H2,1H3,(H2,33,35)(H2,37,38,40)/b17-4+,25-11+. The van der Waals surface area contributed by atoms with Crippen molar-refractivity contribution in [3.8, 4) is 22.6 Å². The quantitative estimate of drug-likeness (QED) is 0.120. The van der Waals surface area contributed by atoms with E-state index in [1.165, 1.54) is 35.3 Å². The van der Waals surface area contributed by atoms with Gasteiger partial charge in [0.2, 0.25) is 5.88 Å². The number of hydrogen-bond acceptors (Lipinski definition) is 6. The van der Waals surface area contributed by atoms with E-state index in [1.807, 2.05) is 0 Å². The number of aromatic nitrogens is 3. The molecule has 0 aliphatic heterocycles. The minimum atomic E-state index is -4.59. The van der Waals surface area contributed by atoms with E-state index in [-0.39, 0.29) is 17.3 Å². The van der Waals surface area contributed by atoms with Crippen LogP contribution in [0.3, 0.4) is 0 Å². The number of anilines is 2. The molecule has 4 aromatic rings. The number of hydrogen-bond donors (Lipinski definition) is 3. The van der Waals surface area contributed by atoms with E-state index in [0.29, 0.717) is 27.9 Å². The number of ether oxygens (including phenoxy) is 1. The van der Waals surface area contributed by atoms with Crippen LogP contribution in [0.4, 0.5) is 29.5 Å². The van der Waals surface area contributed by atoms with Crippen LogP contribution in [-0.4, -0.2) is 27.5 Å². The van der Waals surface area contributed by atoms with Crippen LogP contribution >= 0.6 is 11.6 Å². The zero-order valence-corrected chi connectivity index (χ0v) is 22.2. The van der Waals surface area contributed by atoms with Gasteiger partial charge in [0.15, 0.2) is 0 Å². The molecule has 13 heteroatoms. The van der Waals surface area contributed by atoms with Crippen molar-refractivity contribution in [2.24, 2.45) is 4.99 Å². The highest BCUT2D eigenvalue weighted by Gasteiger charge is 2.31. The Labute approximate surface area is 237 Å². The first-order valence-corrected chi connectivity index (χ1v) is 12.2. The summed E-state index contributed by atoms with van der Waals surface area (Å²) in [6, 6.07) is 12.5. The predicted octanol–water partition coefficient (Wildman–Crippen LogP) is 6.84. The van der Waals surface area contributed by atoms with E-state index >= 15 is 0 Å².